The minimum absolute atomic E-state index is 0.0282. The Kier molecular flexibility index (Phi) is 6.91. The summed E-state index contributed by atoms with van der Waals surface area (Å²) in [6.07, 6.45) is 2.21. The van der Waals surface area contributed by atoms with Gasteiger partial charge in [-0.05, 0) is 51.4 Å². The maximum atomic E-state index is 12.2. The first-order valence-electron chi connectivity index (χ1n) is 8.54. The number of unbranched alkanes of at least 4 members (excludes halogenated alkanes) is 1. The minimum Gasteiger partial charge on any atom is -0.497 e. The number of nitrogens with one attached hydrogen (secondary N) is 2. The topological polar surface area (TPSA) is 97.6 Å². The van der Waals surface area contributed by atoms with Crippen molar-refractivity contribution in [3.8, 4) is 5.75 Å². The number of benzene rings is 1. The maximum absolute atomic E-state index is 12.2. The lowest BCUT2D eigenvalue weighted by molar-refractivity contribution is -0.119. The summed E-state index contributed by atoms with van der Waals surface area (Å²) >= 11 is 0. The van der Waals surface area contributed by atoms with Crippen molar-refractivity contribution in [2.24, 2.45) is 0 Å². The van der Waals surface area contributed by atoms with E-state index in [-0.39, 0.29) is 17.4 Å². The fraction of sp³-hybridized carbons (Fsp3) is 0.421. The van der Waals surface area contributed by atoms with Crippen LogP contribution < -0.4 is 21.0 Å². The standard InChI is InChI=1S/C19H24N2O5/c1-12(22)16(20-2)6-4-5-9-21-18(23)15-10-13-7-8-14(25-3)11-17(13)26-19(15)24/h7-8,10-11,16,20H,4-6,9H2,1-3H3,(H,21,23). The van der Waals surface area contributed by atoms with Crippen LogP contribution in [-0.4, -0.2) is 38.4 Å². The Morgan fingerprint density at radius 2 is 2.00 bits per heavy atom. The summed E-state index contributed by atoms with van der Waals surface area (Å²) in [6.45, 7) is 1.98. The molecule has 7 heteroatoms. The molecule has 1 heterocycles. The predicted octanol–water partition coefficient (Wildman–Crippen LogP) is 1.88. The molecule has 0 bridgehead atoms. The molecular formula is C19H24N2O5. The van der Waals surface area contributed by atoms with E-state index in [1.165, 1.54) is 13.2 Å². The van der Waals surface area contributed by atoms with Crippen LogP contribution in [-0.2, 0) is 4.79 Å². The normalized spacial score (nSPS) is 12.0. The molecule has 1 unspecified atom stereocenters. The molecule has 0 spiro atoms. The van der Waals surface area contributed by atoms with Crippen LogP contribution in [0.15, 0.2) is 33.5 Å². The molecule has 26 heavy (non-hydrogen) atoms. The van der Waals surface area contributed by atoms with Gasteiger partial charge in [0.15, 0.2) is 0 Å². The van der Waals surface area contributed by atoms with Gasteiger partial charge >= 0.3 is 5.63 Å². The molecule has 0 saturated heterocycles. The van der Waals surface area contributed by atoms with Crippen molar-refractivity contribution < 1.29 is 18.7 Å². The molecule has 0 aliphatic carbocycles. The third-order valence-electron chi connectivity index (χ3n) is 4.23. The molecule has 1 aromatic heterocycles. The molecule has 0 radical (unpaired) electrons. The zero-order chi connectivity index (χ0) is 19.1. The van der Waals surface area contributed by atoms with Gasteiger partial charge < -0.3 is 19.8 Å². The summed E-state index contributed by atoms with van der Waals surface area (Å²) in [7, 11) is 3.28. The third-order valence-corrected chi connectivity index (χ3v) is 4.23. The van der Waals surface area contributed by atoms with E-state index in [9.17, 15) is 14.4 Å². The predicted molar refractivity (Wildman–Crippen MR) is 98.7 cm³/mol. The third kappa shape index (κ3) is 4.92. The smallest absolute Gasteiger partial charge is 0.349 e. The summed E-state index contributed by atoms with van der Waals surface area (Å²) in [6, 6.07) is 6.43. The molecule has 0 aliphatic heterocycles. The molecule has 0 saturated carbocycles. The number of carbonyl (C=O) groups is 2. The summed E-state index contributed by atoms with van der Waals surface area (Å²) in [5.41, 5.74) is -0.345. The average Bonchev–Trinajstić information content (AvgIpc) is 2.62. The average molecular weight is 360 g/mol. The summed E-state index contributed by atoms with van der Waals surface area (Å²) in [5.74, 6) is 0.207. The number of hydrogen-bond acceptors (Lipinski definition) is 6. The molecule has 140 valence electrons. The van der Waals surface area contributed by atoms with Crippen LogP contribution in [0.5, 0.6) is 5.75 Å². The Bertz CT molecular complexity index is 843. The summed E-state index contributed by atoms with van der Waals surface area (Å²) in [4.78, 5) is 35.6. The Balaban J connectivity index is 1.94. The van der Waals surface area contributed by atoms with Crippen LogP contribution in [0.4, 0.5) is 0 Å². The van der Waals surface area contributed by atoms with Gasteiger partial charge in [0.05, 0.1) is 13.2 Å². The number of Topliss-reactive ketones (excluding diaryl/α,β-unsaturated/α-hetero) is 1. The highest BCUT2D eigenvalue weighted by Crippen LogP contribution is 2.20. The van der Waals surface area contributed by atoms with Crippen LogP contribution >= 0.6 is 0 Å². The zero-order valence-electron chi connectivity index (χ0n) is 15.3. The largest absolute Gasteiger partial charge is 0.497 e. The van der Waals surface area contributed by atoms with Crippen LogP contribution in [0.3, 0.4) is 0 Å². The molecule has 2 aromatic rings. The SMILES string of the molecule is CNC(CCCCNC(=O)c1cc2ccc(OC)cc2oc1=O)C(C)=O. The Hall–Kier alpha value is -2.67. The van der Waals surface area contributed by atoms with Crippen molar-refractivity contribution in [1.82, 2.24) is 10.6 Å². The molecular weight excluding hydrogens is 336 g/mol. The lowest BCUT2D eigenvalue weighted by Crippen LogP contribution is -2.32. The molecule has 1 aromatic carbocycles. The number of amides is 1. The van der Waals surface area contributed by atoms with Crippen molar-refractivity contribution in [2.45, 2.75) is 32.2 Å². The van der Waals surface area contributed by atoms with Gasteiger partial charge in [-0.3, -0.25) is 9.59 Å². The number of carbonyl (C=O) groups excluding carboxylic acids is 2. The van der Waals surface area contributed by atoms with Crippen LogP contribution in [0, 0.1) is 0 Å². The van der Waals surface area contributed by atoms with E-state index in [0.29, 0.717) is 36.1 Å². The molecule has 0 fully saturated rings. The number of methoxy groups -OCH3 is 1. The van der Waals surface area contributed by atoms with Crippen molar-refractivity contribution >= 4 is 22.7 Å². The number of likely N-dealkylation sites (N-methyl/N-ethyl adjacent to an activating group) is 1. The van der Waals surface area contributed by atoms with Gasteiger partial charge in [-0.2, -0.15) is 0 Å². The molecule has 1 amide bonds. The first-order chi connectivity index (χ1) is 12.5. The fourth-order valence-electron chi connectivity index (χ4n) is 2.70. The molecule has 0 aliphatic rings. The first-order valence-corrected chi connectivity index (χ1v) is 8.54. The fourth-order valence-corrected chi connectivity index (χ4v) is 2.70. The van der Waals surface area contributed by atoms with E-state index in [1.54, 1.807) is 32.2 Å². The van der Waals surface area contributed by atoms with Crippen LogP contribution in [0.1, 0.15) is 36.5 Å². The van der Waals surface area contributed by atoms with E-state index in [2.05, 4.69) is 10.6 Å². The molecule has 7 nitrogen and oxygen atoms in total. The highest BCUT2D eigenvalue weighted by Gasteiger charge is 2.14. The van der Waals surface area contributed by atoms with Crippen molar-refractivity contribution in [3.63, 3.8) is 0 Å². The minimum atomic E-state index is -0.685. The Morgan fingerprint density at radius 3 is 2.65 bits per heavy atom. The van der Waals surface area contributed by atoms with E-state index in [0.717, 1.165) is 6.42 Å². The van der Waals surface area contributed by atoms with Crippen molar-refractivity contribution in [3.05, 3.63) is 40.2 Å². The molecule has 2 N–H and O–H groups in total. The molecule has 2 rings (SSSR count). The van der Waals surface area contributed by atoms with Gasteiger partial charge in [0.2, 0.25) is 0 Å². The second-order valence-electron chi connectivity index (χ2n) is 6.05. The quantitative estimate of drug-likeness (QED) is 0.523. The number of ketones is 1. The number of fused-ring (bicyclic) bond motifs is 1. The number of rotatable bonds is 9. The van der Waals surface area contributed by atoms with Crippen molar-refractivity contribution in [1.29, 1.82) is 0 Å². The van der Waals surface area contributed by atoms with Gasteiger partial charge in [-0.1, -0.05) is 0 Å². The van der Waals surface area contributed by atoms with Gasteiger partial charge in [0.1, 0.15) is 22.7 Å². The zero-order valence-corrected chi connectivity index (χ0v) is 15.3. The molecule has 1 atom stereocenters. The van der Waals surface area contributed by atoms with E-state index in [4.69, 9.17) is 9.15 Å². The van der Waals surface area contributed by atoms with Crippen LogP contribution in [0.2, 0.25) is 0 Å². The van der Waals surface area contributed by atoms with Gasteiger partial charge in [0.25, 0.3) is 5.91 Å². The van der Waals surface area contributed by atoms with Gasteiger partial charge in [-0.15, -0.1) is 0 Å². The Labute approximate surface area is 151 Å². The highest BCUT2D eigenvalue weighted by atomic mass is 16.5. The Morgan fingerprint density at radius 1 is 1.23 bits per heavy atom. The lowest BCUT2D eigenvalue weighted by atomic mass is 10.1. The lowest BCUT2D eigenvalue weighted by Gasteiger charge is -2.12. The van der Waals surface area contributed by atoms with Crippen molar-refractivity contribution in [2.75, 3.05) is 20.7 Å². The summed E-state index contributed by atoms with van der Waals surface area (Å²) in [5, 5.41) is 6.33. The second-order valence-corrected chi connectivity index (χ2v) is 6.05. The van der Waals surface area contributed by atoms with E-state index < -0.39 is 11.5 Å². The first kappa shape index (κ1) is 19.7. The number of ether oxygens (including phenoxy) is 1. The second kappa shape index (κ2) is 9.15. The van der Waals surface area contributed by atoms with Gasteiger partial charge in [0, 0.05) is 18.0 Å². The summed E-state index contributed by atoms with van der Waals surface area (Å²) < 4.78 is 10.3. The number of hydrogen-bond donors (Lipinski definition) is 2. The van der Waals surface area contributed by atoms with E-state index in [1.807, 2.05) is 0 Å². The van der Waals surface area contributed by atoms with Gasteiger partial charge in [-0.25, -0.2) is 4.79 Å². The highest BCUT2D eigenvalue weighted by molar-refractivity contribution is 5.96. The van der Waals surface area contributed by atoms with E-state index >= 15 is 0 Å². The van der Waals surface area contributed by atoms with Crippen LogP contribution in [0.25, 0.3) is 11.0 Å². The monoisotopic (exact) mass is 360 g/mol. The maximum Gasteiger partial charge on any atom is 0.349 e.